The molecule has 0 aromatic heterocycles. The van der Waals surface area contributed by atoms with Crippen LogP contribution in [0, 0.1) is 0 Å². The molecule has 1 saturated heterocycles. The van der Waals surface area contributed by atoms with Gasteiger partial charge < -0.3 is 14.7 Å². The highest BCUT2D eigenvalue weighted by Gasteiger charge is 2.33. The number of halogens is 1. The van der Waals surface area contributed by atoms with Crippen LogP contribution in [0.3, 0.4) is 0 Å². The lowest BCUT2D eigenvalue weighted by Gasteiger charge is -2.39. The normalized spacial score (nSPS) is 19.7. The Morgan fingerprint density at radius 2 is 1.96 bits per heavy atom. The van der Waals surface area contributed by atoms with Crippen LogP contribution in [0.25, 0.3) is 0 Å². The van der Waals surface area contributed by atoms with E-state index in [0.717, 1.165) is 30.6 Å². The highest BCUT2D eigenvalue weighted by atomic mass is 127. The molecule has 142 valence electrons. The van der Waals surface area contributed by atoms with Crippen molar-refractivity contribution in [1.29, 1.82) is 0 Å². The molecule has 0 saturated carbocycles. The van der Waals surface area contributed by atoms with Crippen LogP contribution >= 0.6 is 24.0 Å². The van der Waals surface area contributed by atoms with Crippen LogP contribution in [-0.4, -0.2) is 67.4 Å². The Kier molecular flexibility index (Phi) is 6.99. The van der Waals surface area contributed by atoms with E-state index in [1.165, 1.54) is 4.90 Å². The second-order valence-corrected chi connectivity index (χ2v) is 6.87. The van der Waals surface area contributed by atoms with Crippen LogP contribution in [0.1, 0.15) is 18.4 Å². The maximum Gasteiger partial charge on any atom is 0.324 e. The molecule has 2 aliphatic rings. The minimum atomic E-state index is -0.487. The lowest BCUT2D eigenvalue weighted by molar-refractivity contribution is -0.124. The van der Waals surface area contributed by atoms with Crippen LogP contribution in [0.5, 0.6) is 0 Å². The number of nitrogens with zero attached hydrogens (tertiary/aromatic N) is 3. The van der Waals surface area contributed by atoms with E-state index in [1.54, 1.807) is 0 Å². The summed E-state index contributed by atoms with van der Waals surface area (Å²) in [6.45, 7) is 1.03. The molecule has 1 atom stereocenters. The number of rotatable bonds is 4. The second-order valence-electron chi connectivity index (χ2n) is 6.87. The van der Waals surface area contributed by atoms with E-state index in [2.05, 4.69) is 10.2 Å². The fourth-order valence-electron chi connectivity index (χ4n) is 3.53. The van der Waals surface area contributed by atoms with E-state index in [0.29, 0.717) is 0 Å². The van der Waals surface area contributed by atoms with Gasteiger partial charge in [0, 0.05) is 31.2 Å². The molecular weight excluding hydrogens is 447 g/mol. The number of nitrogens with one attached hydrogen (secondary N) is 1. The third-order valence-corrected chi connectivity index (χ3v) is 4.68. The monoisotopic (exact) mass is 472 g/mol. The van der Waals surface area contributed by atoms with E-state index in [9.17, 15) is 14.4 Å². The molecule has 8 heteroatoms. The zero-order valence-electron chi connectivity index (χ0n) is 15.1. The standard InChI is InChI=1S/C18H24N4O3.HI/c1-20(2)11-14-8-7-13-5-3-4-6-15(13)22(14)17(24)12-21-10-9-16(23)19-18(21)25;/h3-6,14H,7-12H2,1-2H3,(H,19,23,25);1H. The largest absolute Gasteiger partial charge is 0.324 e. The predicted molar refractivity (Wildman–Crippen MR) is 110 cm³/mol. The number of benzene rings is 1. The quantitative estimate of drug-likeness (QED) is 0.674. The van der Waals surface area contributed by atoms with Crippen molar-refractivity contribution in [2.75, 3.05) is 38.6 Å². The van der Waals surface area contributed by atoms with Gasteiger partial charge in [0.25, 0.3) is 0 Å². The van der Waals surface area contributed by atoms with Crippen molar-refractivity contribution in [3.05, 3.63) is 29.8 Å². The number of amides is 4. The zero-order chi connectivity index (χ0) is 18.0. The fourth-order valence-corrected chi connectivity index (χ4v) is 3.53. The summed E-state index contributed by atoms with van der Waals surface area (Å²) in [6.07, 6.45) is 2.07. The van der Waals surface area contributed by atoms with Crippen molar-refractivity contribution in [2.24, 2.45) is 0 Å². The number of imide groups is 1. The van der Waals surface area contributed by atoms with E-state index in [4.69, 9.17) is 0 Å². The summed E-state index contributed by atoms with van der Waals surface area (Å²) in [6, 6.07) is 7.52. The maximum atomic E-state index is 13.0. The van der Waals surface area contributed by atoms with Crippen LogP contribution in [0.2, 0.25) is 0 Å². The Balaban J connectivity index is 0.00000243. The molecular formula is C18H25IN4O3. The van der Waals surface area contributed by atoms with Gasteiger partial charge in [-0.2, -0.15) is 0 Å². The molecule has 1 aromatic carbocycles. The minimum absolute atomic E-state index is 0. The summed E-state index contributed by atoms with van der Waals surface area (Å²) in [5.41, 5.74) is 2.09. The van der Waals surface area contributed by atoms with E-state index >= 15 is 0 Å². The summed E-state index contributed by atoms with van der Waals surface area (Å²) >= 11 is 0. The molecule has 1 aromatic rings. The average molecular weight is 472 g/mol. The Morgan fingerprint density at radius 3 is 2.65 bits per heavy atom. The third-order valence-electron chi connectivity index (χ3n) is 4.68. The summed E-state index contributed by atoms with van der Waals surface area (Å²) in [5, 5.41) is 2.27. The topological polar surface area (TPSA) is 73.0 Å². The molecule has 0 radical (unpaired) electrons. The highest BCUT2D eigenvalue weighted by molar-refractivity contribution is 14.0. The first-order valence-corrected chi connectivity index (χ1v) is 8.59. The van der Waals surface area contributed by atoms with Crippen LogP contribution in [0.15, 0.2) is 24.3 Å². The number of likely N-dealkylation sites (N-methyl/N-ethyl adjacent to an activating group) is 1. The van der Waals surface area contributed by atoms with Crippen LogP contribution in [0.4, 0.5) is 10.5 Å². The molecule has 26 heavy (non-hydrogen) atoms. The van der Waals surface area contributed by atoms with Gasteiger partial charge in [-0.25, -0.2) is 4.79 Å². The fraction of sp³-hybridized carbons (Fsp3) is 0.500. The van der Waals surface area contributed by atoms with Gasteiger partial charge in [0.05, 0.1) is 0 Å². The van der Waals surface area contributed by atoms with Gasteiger partial charge in [0.2, 0.25) is 11.8 Å². The molecule has 2 heterocycles. The second kappa shape index (κ2) is 8.81. The zero-order valence-corrected chi connectivity index (χ0v) is 17.4. The molecule has 1 fully saturated rings. The molecule has 0 spiro atoms. The lowest BCUT2D eigenvalue weighted by Crippen LogP contribution is -2.56. The van der Waals surface area contributed by atoms with Gasteiger partial charge in [0.15, 0.2) is 0 Å². The van der Waals surface area contributed by atoms with Crippen LogP contribution < -0.4 is 10.2 Å². The number of para-hydroxylation sites is 1. The number of urea groups is 1. The molecule has 7 nitrogen and oxygen atoms in total. The number of fused-ring (bicyclic) bond motifs is 1. The molecule has 1 unspecified atom stereocenters. The molecule has 0 bridgehead atoms. The number of aryl methyl sites for hydroxylation is 1. The van der Waals surface area contributed by atoms with Gasteiger partial charge in [-0.15, -0.1) is 24.0 Å². The summed E-state index contributed by atoms with van der Waals surface area (Å²) in [5.74, 6) is -0.397. The summed E-state index contributed by atoms with van der Waals surface area (Å²) < 4.78 is 0. The molecule has 3 rings (SSSR count). The number of carbonyl (C=O) groups excluding carboxylic acids is 3. The smallest absolute Gasteiger partial charge is 0.315 e. The van der Waals surface area contributed by atoms with Gasteiger partial charge in [-0.1, -0.05) is 18.2 Å². The number of hydrogen-bond donors (Lipinski definition) is 1. The number of hydrogen-bond acceptors (Lipinski definition) is 4. The molecule has 1 N–H and O–H groups in total. The van der Waals surface area contributed by atoms with Gasteiger partial charge in [-0.05, 0) is 38.6 Å². The Hall–Kier alpha value is -1.68. The van der Waals surface area contributed by atoms with Gasteiger partial charge in [0.1, 0.15) is 6.54 Å². The van der Waals surface area contributed by atoms with Crippen molar-refractivity contribution in [2.45, 2.75) is 25.3 Å². The molecule has 2 aliphatic heterocycles. The summed E-state index contributed by atoms with van der Waals surface area (Å²) in [7, 11) is 3.99. The van der Waals surface area contributed by atoms with E-state index in [-0.39, 0.29) is 61.3 Å². The van der Waals surface area contributed by atoms with Crippen molar-refractivity contribution >= 4 is 47.5 Å². The first-order valence-electron chi connectivity index (χ1n) is 8.59. The Morgan fingerprint density at radius 1 is 1.23 bits per heavy atom. The predicted octanol–water partition coefficient (Wildman–Crippen LogP) is 1.46. The highest BCUT2D eigenvalue weighted by Crippen LogP contribution is 2.31. The first-order chi connectivity index (χ1) is 12.0. The molecule has 0 aliphatic carbocycles. The summed E-state index contributed by atoms with van der Waals surface area (Å²) in [4.78, 5) is 41.6. The van der Waals surface area contributed by atoms with Crippen molar-refractivity contribution in [3.8, 4) is 0 Å². The average Bonchev–Trinajstić information content (AvgIpc) is 2.56. The Bertz CT molecular complexity index is 695. The van der Waals surface area contributed by atoms with Crippen LogP contribution in [-0.2, 0) is 16.0 Å². The van der Waals surface area contributed by atoms with Gasteiger partial charge in [-0.3, -0.25) is 14.9 Å². The van der Waals surface area contributed by atoms with Gasteiger partial charge >= 0.3 is 6.03 Å². The third kappa shape index (κ3) is 4.53. The maximum absolute atomic E-state index is 13.0. The van der Waals surface area contributed by atoms with Crippen molar-refractivity contribution in [1.82, 2.24) is 15.1 Å². The number of anilines is 1. The number of carbonyl (C=O) groups is 3. The van der Waals surface area contributed by atoms with E-state index in [1.807, 2.05) is 43.3 Å². The van der Waals surface area contributed by atoms with Crippen molar-refractivity contribution in [3.63, 3.8) is 0 Å². The lowest BCUT2D eigenvalue weighted by atomic mass is 9.95. The SMILES string of the molecule is CN(C)CC1CCc2ccccc2N1C(=O)CN1CCC(=O)NC1=O.I. The van der Waals surface area contributed by atoms with E-state index < -0.39 is 6.03 Å². The Labute approximate surface area is 170 Å². The first kappa shape index (κ1) is 20.6. The van der Waals surface area contributed by atoms with Crippen molar-refractivity contribution < 1.29 is 14.4 Å². The molecule has 4 amide bonds. The minimum Gasteiger partial charge on any atom is -0.315 e.